The van der Waals surface area contributed by atoms with E-state index in [-0.39, 0.29) is 24.5 Å². The number of nitrogens with one attached hydrogen (secondary N) is 1. The highest BCUT2D eigenvalue weighted by molar-refractivity contribution is 6.33. The number of nitrogens with zero attached hydrogens (tertiary/aromatic N) is 5. The molecule has 2 aromatic carbocycles. The van der Waals surface area contributed by atoms with Gasteiger partial charge in [-0.2, -0.15) is 0 Å². The van der Waals surface area contributed by atoms with Crippen molar-refractivity contribution in [2.24, 2.45) is 0 Å². The smallest absolute Gasteiger partial charge is 0.321 e. The molecule has 38 heavy (non-hydrogen) atoms. The van der Waals surface area contributed by atoms with Crippen molar-refractivity contribution in [2.45, 2.75) is 38.8 Å². The van der Waals surface area contributed by atoms with Gasteiger partial charge in [0, 0.05) is 65.8 Å². The molecule has 196 valence electrons. The Balaban J connectivity index is 1.23. The van der Waals surface area contributed by atoms with Crippen molar-refractivity contribution in [2.75, 3.05) is 25.5 Å². The first-order chi connectivity index (χ1) is 18.5. The topological polar surface area (TPSA) is 83.4 Å². The lowest BCUT2D eigenvalue weighted by Crippen LogP contribution is -2.49. The van der Waals surface area contributed by atoms with E-state index in [1.807, 2.05) is 71.2 Å². The zero-order valence-corrected chi connectivity index (χ0v) is 22.4. The maximum Gasteiger partial charge on any atom is 0.321 e. The lowest BCUT2D eigenvalue weighted by atomic mass is 10.0. The van der Waals surface area contributed by atoms with Gasteiger partial charge >= 0.3 is 6.03 Å². The number of amides is 3. The highest BCUT2D eigenvalue weighted by atomic mass is 35.5. The SMILES string of the molecule is CCc1ccccc1NC(=O)N(C)C1CCN(C(=O)Cn2cc(-c3ccccc3Cl)c3cncnc32)CC1. The van der Waals surface area contributed by atoms with Crippen LogP contribution in [0.3, 0.4) is 0 Å². The van der Waals surface area contributed by atoms with E-state index in [1.54, 1.807) is 11.1 Å². The van der Waals surface area contributed by atoms with Gasteiger partial charge in [0.1, 0.15) is 18.5 Å². The first kappa shape index (κ1) is 25.7. The van der Waals surface area contributed by atoms with Gasteiger partial charge < -0.3 is 19.7 Å². The molecule has 1 aliphatic rings. The summed E-state index contributed by atoms with van der Waals surface area (Å²) in [6.07, 6.45) is 7.48. The molecule has 1 N–H and O–H groups in total. The Morgan fingerprint density at radius 3 is 2.58 bits per heavy atom. The molecule has 1 aliphatic heterocycles. The molecule has 0 aliphatic carbocycles. The molecule has 1 fully saturated rings. The largest absolute Gasteiger partial charge is 0.341 e. The quantitative estimate of drug-likeness (QED) is 0.358. The molecule has 1 saturated heterocycles. The third-order valence-electron chi connectivity index (χ3n) is 7.33. The van der Waals surface area contributed by atoms with Crippen molar-refractivity contribution in [3.63, 3.8) is 0 Å². The Labute approximate surface area is 227 Å². The molecular formula is C29H31ClN6O2. The number of piperidine rings is 1. The Kier molecular flexibility index (Phi) is 7.60. The van der Waals surface area contributed by atoms with Crippen LogP contribution in [0.1, 0.15) is 25.3 Å². The van der Waals surface area contributed by atoms with Crippen LogP contribution in [0.15, 0.2) is 67.3 Å². The second-order valence-electron chi connectivity index (χ2n) is 9.57. The first-order valence-corrected chi connectivity index (χ1v) is 13.3. The van der Waals surface area contributed by atoms with Crippen LogP contribution < -0.4 is 5.32 Å². The minimum Gasteiger partial charge on any atom is -0.341 e. The molecule has 4 aromatic rings. The number of carbonyl (C=O) groups is 2. The normalized spacial score (nSPS) is 14.0. The Morgan fingerprint density at radius 1 is 1.08 bits per heavy atom. The number of hydrogen-bond donors (Lipinski definition) is 1. The molecule has 0 bridgehead atoms. The van der Waals surface area contributed by atoms with Crippen LogP contribution in [0.5, 0.6) is 0 Å². The van der Waals surface area contributed by atoms with E-state index in [1.165, 1.54) is 6.33 Å². The molecular weight excluding hydrogens is 500 g/mol. The van der Waals surface area contributed by atoms with Crippen LogP contribution in [0.2, 0.25) is 5.02 Å². The third kappa shape index (κ3) is 5.22. The lowest BCUT2D eigenvalue weighted by Gasteiger charge is -2.36. The maximum atomic E-state index is 13.3. The maximum absolute atomic E-state index is 13.3. The minimum atomic E-state index is -0.124. The summed E-state index contributed by atoms with van der Waals surface area (Å²) in [5.74, 6) is 0.0219. The van der Waals surface area contributed by atoms with E-state index in [4.69, 9.17) is 11.6 Å². The minimum absolute atomic E-state index is 0.0219. The lowest BCUT2D eigenvalue weighted by molar-refractivity contribution is -0.133. The molecule has 5 rings (SSSR count). The predicted octanol–water partition coefficient (Wildman–Crippen LogP) is 5.47. The van der Waals surface area contributed by atoms with Crippen LogP contribution in [0.25, 0.3) is 22.2 Å². The summed E-state index contributed by atoms with van der Waals surface area (Å²) in [7, 11) is 1.83. The van der Waals surface area contributed by atoms with Crippen molar-refractivity contribution < 1.29 is 9.59 Å². The number of benzene rings is 2. The number of urea groups is 1. The third-order valence-corrected chi connectivity index (χ3v) is 7.66. The first-order valence-electron chi connectivity index (χ1n) is 12.9. The van der Waals surface area contributed by atoms with Gasteiger partial charge in [0.15, 0.2) is 0 Å². The van der Waals surface area contributed by atoms with Crippen molar-refractivity contribution in [1.82, 2.24) is 24.3 Å². The summed E-state index contributed by atoms with van der Waals surface area (Å²) in [6, 6.07) is 15.4. The number of fused-ring (bicyclic) bond motifs is 1. The van der Waals surface area contributed by atoms with Crippen molar-refractivity contribution >= 4 is 40.3 Å². The zero-order chi connectivity index (χ0) is 26.6. The summed E-state index contributed by atoms with van der Waals surface area (Å²) in [5, 5.41) is 4.53. The van der Waals surface area contributed by atoms with Crippen LogP contribution in [0, 0.1) is 0 Å². The highest BCUT2D eigenvalue weighted by Gasteiger charge is 2.28. The molecule has 3 amide bonds. The van der Waals surface area contributed by atoms with Crippen molar-refractivity contribution in [3.05, 3.63) is 77.8 Å². The molecule has 0 atom stereocenters. The second-order valence-corrected chi connectivity index (χ2v) is 9.98. The van der Waals surface area contributed by atoms with Gasteiger partial charge in [0.2, 0.25) is 5.91 Å². The zero-order valence-electron chi connectivity index (χ0n) is 21.6. The van der Waals surface area contributed by atoms with E-state index in [0.717, 1.165) is 47.0 Å². The van der Waals surface area contributed by atoms with Gasteiger partial charge in [-0.15, -0.1) is 0 Å². The van der Waals surface area contributed by atoms with Gasteiger partial charge in [0.25, 0.3) is 0 Å². The molecule has 0 spiro atoms. The number of aromatic nitrogens is 3. The predicted molar refractivity (Wildman–Crippen MR) is 150 cm³/mol. The second kappa shape index (κ2) is 11.2. The fourth-order valence-corrected chi connectivity index (χ4v) is 5.35. The van der Waals surface area contributed by atoms with E-state index < -0.39 is 0 Å². The van der Waals surface area contributed by atoms with E-state index in [2.05, 4.69) is 22.2 Å². The Bertz CT molecular complexity index is 1460. The molecule has 0 radical (unpaired) electrons. The monoisotopic (exact) mass is 530 g/mol. The standard InChI is InChI=1S/C29H31ClN6O2/c1-3-20-8-4-7-11-26(20)33-29(38)34(2)21-12-14-35(15-13-21)27(37)18-36-17-24(22-9-5-6-10-25(22)30)23-16-31-19-32-28(23)36/h4-11,16-17,19,21H,3,12-15,18H2,1-2H3,(H,33,38). The summed E-state index contributed by atoms with van der Waals surface area (Å²) in [4.78, 5) is 38.5. The number of halogens is 1. The molecule has 0 saturated carbocycles. The van der Waals surface area contributed by atoms with Gasteiger partial charge in [-0.1, -0.05) is 54.9 Å². The Hall–Kier alpha value is -3.91. The summed E-state index contributed by atoms with van der Waals surface area (Å²) >= 11 is 6.46. The van der Waals surface area contributed by atoms with Gasteiger partial charge in [-0.3, -0.25) is 4.79 Å². The van der Waals surface area contributed by atoms with Crippen LogP contribution >= 0.6 is 11.6 Å². The fourth-order valence-electron chi connectivity index (χ4n) is 5.11. The average molecular weight is 531 g/mol. The van der Waals surface area contributed by atoms with Crippen LogP contribution in [0.4, 0.5) is 10.5 Å². The molecule has 2 aromatic heterocycles. The fraction of sp³-hybridized carbons (Fsp3) is 0.310. The van der Waals surface area contributed by atoms with Gasteiger partial charge in [0.05, 0.1) is 0 Å². The summed E-state index contributed by atoms with van der Waals surface area (Å²) in [6.45, 7) is 3.44. The highest BCUT2D eigenvalue weighted by Crippen LogP contribution is 2.34. The molecule has 0 unspecified atom stereocenters. The van der Waals surface area contributed by atoms with Crippen molar-refractivity contribution in [3.8, 4) is 11.1 Å². The van der Waals surface area contributed by atoms with E-state index in [9.17, 15) is 9.59 Å². The number of aryl methyl sites for hydroxylation is 1. The molecule has 8 nitrogen and oxygen atoms in total. The average Bonchev–Trinajstić information content (AvgIpc) is 3.31. The van der Waals surface area contributed by atoms with E-state index >= 15 is 0 Å². The number of hydrogen-bond acceptors (Lipinski definition) is 4. The van der Waals surface area contributed by atoms with E-state index in [0.29, 0.717) is 23.8 Å². The van der Waals surface area contributed by atoms with Gasteiger partial charge in [-0.25, -0.2) is 14.8 Å². The number of para-hydroxylation sites is 1. The van der Waals surface area contributed by atoms with Gasteiger partial charge in [-0.05, 0) is 37.0 Å². The molecule has 9 heteroatoms. The number of carbonyl (C=O) groups excluding carboxylic acids is 2. The van der Waals surface area contributed by atoms with Crippen LogP contribution in [-0.4, -0.2) is 62.5 Å². The number of anilines is 1. The molecule has 3 heterocycles. The summed E-state index contributed by atoms with van der Waals surface area (Å²) in [5.41, 5.74) is 4.43. The Morgan fingerprint density at radius 2 is 1.82 bits per heavy atom. The number of likely N-dealkylation sites (tertiary alicyclic amines) is 1. The number of rotatable bonds is 6. The van der Waals surface area contributed by atoms with Crippen molar-refractivity contribution in [1.29, 1.82) is 0 Å². The summed E-state index contributed by atoms with van der Waals surface area (Å²) < 4.78 is 1.87. The van der Waals surface area contributed by atoms with Crippen LogP contribution in [-0.2, 0) is 17.8 Å².